The molecule has 208 valence electrons. The molecule has 2 atom stereocenters. The van der Waals surface area contributed by atoms with Gasteiger partial charge in [0.2, 0.25) is 5.91 Å². The number of amides is 3. The third-order valence-electron chi connectivity index (χ3n) is 6.26. The van der Waals surface area contributed by atoms with Gasteiger partial charge in [-0.25, -0.2) is 4.79 Å². The average Bonchev–Trinajstić information content (AvgIpc) is 2.81. The highest BCUT2D eigenvalue weighted by Gasteiger charge is 2.43. The number of nitrogens with one attached hydrogen (secondary N) is 2. The Morgan fingerprint density at radius 2 is 1.68 bits per heavy atom. The maximum absolute atomic E-state index is 14.2. The zero-order chi connectivity index (χ0) is 28.8. The Balaban J connectivity index is 2.62. The summed E-state index contributed by atoms with van der Waals surface area (Å²) in [5, 5.41) is 6.00. The number of nitrogens with zero attached hydrogens (tertiary/aromatic N) is 1. The van der Waals surface area contributed by atoms with Gasteiger partial charge >= 0.3 is 6.09 Å². The fourth-order valence-corrected chi connectivity index (χ4v) is 4.50. The van der Waals surface area contributed by atoms with Crippen molar-refractivity contribution in [2.24, 2.45) is 0 Å². The van der Waals surface area contributed by atoms with E-state index in [-0.39, 0.29) is 5.75 Å². The lowest BCUT2D eigenvalue weighted by Gasteiger charge is -2.44. The summed E-state index contributed by atoms with van der Waals surface area (Å²) in [6.07, 6.45) is -0.187. The van der Waals surface area contributed by atoms with Gasteiger partial charge in [0, 0.05) is 11.3 Å². The van der Waals surface area contributed by atoms with Crippen molar-refractivity contribution in [2.45, 2.75) is 85.0 Å². The SMILES string of the molecule is CCC(C)(C)N(C(=O)C(CS)NC(=O)OC(C)(C)C)C(C(=O)Nc1c(C)cccc1Cl)c1cccc(C)c1. The molecule has 0 saturated carbocycles. The fraction of sp³-hybridized carbons (Fsp3) is 0.483. The lowest BCUT2D eigenvalue weighted by molar-refractivity contribution is -0.147. The normalized spacial score (nSPS) is 13.3. The van der Waals surface area contributed by atoms with Gasteiger partial charge in [-0.15, -0.1) is 0 Å². The van der Waals surface area contributed by atoms with E-state index < -0.39 is 41.1 Å². The van der Waals surface area contributed by atoms with Crippen LogP contribution < -0.4 is 10.6 Å². The largest absolute Gasteiger partial charge is 0.444 e. The minimum atomic E-state index is -1.03. The lowest BCUT2D eigenvalue weighted by Crippen LogP contribution is -2.59. The molecule has 0 saturated heterocycles. The summed E-state index contributed by atoms with van der Waals surface area (Å²) in [5.74, 6) is -0.854. The van der Waals surface area contributed by atoms with Crippen LogP contribution in [0.25, 0.3) is 0 Å². The number of rotatable bonds is 9. The monoisotopic (exact) mass is 561 g/mol. The second kappa shape index (κ2) is 12.9. The first-order chi connectivity index (χ1) is 17.6. The number of ether oxygens (including phenoxy) is 1. The number of anilines is 1. The number of thiol groups is 1. The Bertz CT molecular complexity index is 1140. The predicted molar refractivity (Wildman–Crippen MR) is 157 cm³/mol. The van der Waals surface area contributed by atoms with Gasteiger partial charge in [-0.3, -0.25) is 9.59 Å². The summed E-state index contributed by atoms with van der Waals surface area (Å²) in [6.45, 7) is 14.7. The van der Waals surface area contributed by atoms with Gasteiger partial charge in [-0.1, -0.05) is 60.5 Å². The highest BCUT2D eigenvalue weighted by Crippen LogP contribution is 2.35. The number of benzene rings is 2. The first-order valence-electron chi connectivity index (χ1n) is 12.7. The molecular weight excluding hydrogens is 522 g/mol. The van der Waals surface area contributed by atoms with Gasteiger partial charge in [-0.05, 0) is 72.1 Å². The number of alkyl carbamates (subject to hydrolysis) is 1. The Hall–Kier alpha value is -2.71. The summed E-state index contributed by atoms with van der Waals surface area (Å²) < 4.78 is 5.38. The number of hydrogen-bond donors (Lipinski definition) is 3. The van der Waals surface area contributed by atoms with Crippen molar-refractivity contribution in [1.82, 2.24) is 10.2 Å². The molecule has 0 fully saturated rings. The van der Waals surface area contributed by atoms with E-state index in [4.69, 9.17) is 16.3 Å². The molecular formula is C29H40ClN3O4S. The van der Waals surface area contributed by atoms with Crippen LogP contribution in [0.1, 0.15) is 70.7 Å². The number of aryl methyl sites for hydroxylation is 2. The van der Waals surface area contributed by atoms with Crippen molar-refractivity contribution in [2.75, 3.05) is 11.1 Å². The molecule has 2 rings (SSSR count). The second-order valence-electron chi connectivity index (χ2n) is 11.0. The van der Waals surface area contributed by atoms with E-state index in [1.165, 1.54) is 0 Å². The van der Waals surface area contributed by atoms with E-state index in [1.807, 2.05) is 65.0 Å². The van der Waals surface area contributed by atoms with Crippen LogP contribution >= 0.6 is 24.2 Å². The molecule has 0 bridgehead atoms. The van der Waals surface area contributed by atoms with Crippen molar-refractivity contribution >= 4 is 47.8 Å². The van der Waals surface area contributed by atoms with Crippen molar-refractivity contribution in [3.8, 4) is 0 Å². The quantitative estimate of drug-likeness (QED) is 0.306. The van der Waals surface area contributed by atoms with Gasteiger partial charge in [0.05, 0.1) is 10.7 Å². The number of hydrogen-bond acceptors (Lipinski definition) is 5. The molecule has 2 unspecified atom stereocenters. The van der Waals surface area contributed by atoms with Crippen molar-refractivity contribution in [3.05, 3.63) is 64.2 Å². The van der Waals surface area contributed by atoms with Crippen LogP contribution in [0.5, 0.6) is 0 Å². The molecule has 0 heterocycles. The zero-order valence-electron chi connectivity index (χ0n) is 23.5. The molecule has 0 aliphatic rings. The molecule has 0 aliphatic carbocycles. The molecule has 0 aliphatic heterocycles. The molecule has 2 aromatic rings. The highest BCUT2D eigenvalue weighted by molar-refractivity contribution is 7.80. The fourth-order valence-electron chi connectivity index (χ4n) is 3.99. The van der Waals surface area contributed by atoms with Gasteiger partial charge in [0.1, 0.15) is 17.7 Å². The minimum absolute atomic E-state index is 0.0140. The van der Waals surface area contributed by atoms with Crippen molar-refractivity contribution in [3.63, 3.8) is 0 Å². The summed E-state index contributed by atoms with van der Waals surface area (Å²) in [5.41, 5.74) is 1.34. The number of para-hydroxylation sites is 1. The number of carbonyl (C=O) groups is 3. The van der Waals surface area contributed by atoms with E-state index in [9.17, 15) is 14.4 Å². The van der Waals surface area contributed by atoms with Gasteiger partial charge in [0.25, 0.3) is 5.91 Å². The van der Waals surface area contributed by atoms with Crippen LogP contribution in [0.2, 0.25) is 5.02 Å². The van der Waals surface area contributed by atoms with Crippen LogP contribution in [0.3, 0.4) is 0 Å². The molecule has 2 aromatic carbocycles. The third-order valence-corrected chi connectivity index (χ3v) is 6.94. The Kier molecular flexibility index (Phi) is 10.7. The maximum Gasteiger partial charge on any atom is 0.408 e. The second-order valence-corrected chi connectivity index (χ2v) is 11.8. The summed E-state index contributed by atoms with van der Waals surface area (Å²) in [6, 6.07) is 10.8. The standard InChI is InChI=1S/C29H40ClN3O4S/c1-9-29(7,8)33(26(35)22(17-38)31-27(36)37-28(4,5)6)24(20-14-10-12-18(2)16-20)25(34)32-23-19(3)13-11-15-21(23)30/h10-16,22,24,38H,9,17H2,1-8H3,(H,31,36)(H,32,34). The van der Waals surface area contributed by atoms with Gasteiger partial charge < -0.3 is 20.3 Å². The Morgan fingerprint density at radius 1 is 1.05 bits per heavy atom. The molecule has 0 spiro atoms. The molecule has 3 amide bonds. The van der Waals surface area contributed by atoms with Crippen LogP contribution in [-0.4, -0.2) is 45.7 Å². The van der Waals surface area contributed by atoms with Crippen LogP contribution in [0, 0.1) is 13.8 Å². The molecule has 2 N–H and O–H groups in total. The van der Waals surface area contributed by atoms with Gasteiger partial charge in [-0.2, -0.15) is 12.6 Å². The minimum Gasteiger partial charge on any atom is -0.444 e. The Labute approximate surface area is 237 Å². The summed E-state index contributed by atoms with van der Waals surface area (Å²) in [4.78, 5) is 42.4. The topological polar surface area (TPSA) is 87.7 Å². The molecule has 0 radical (unpaired) electrons. The number of carbonyl (C=O) groups excluding carboxylic acids is 3. The molecule has 7 nitrogen and oxygen atoms in total. The van der Waals surface area contributed by atoms with E-state index in [0.717, 1.165) is 11.1 Å². The van der Waals surface area contributed by atoms with Gasteiger partial charge in [0.15, 0.2) is 0 Å². The van der Waals surface area contributed by atoms with Crippen molar-refractivity contribution < 1.29 is 19.1 Å². The van der Waals surface area contributed by atoms with Crippen LogP contribution in [0.15, 0.2) is 42.5 Å². The zero-order valence-corrected chi connectivity index (χ0v) is 25.2. The first kappa shape index (κ1) is 31.5. The maximum atomic E-state index is 14.2. The van der Waals surface area contributed by atoms with E-state index >= 15 is 0 Å². The molecule has 9 heteroatoms. The van der Waals surface area contributed by atoms with E-state index in [2.05, 4.69) is 23.3 Å². The molecule has 0 aromatic heterocycles. The predicted octanol–water partition coefficient (Wildman–Crippen LogP) is 6.48. The summed E-state index contributed by atoms with van der Waals surface area (Å²) >= 11 is 10.8. The number of halogens is 1. The molecule has 38 heavy (non-hydrogen) atoms. The van der Waals surface area contributed by atoms with Crippen LogP contribution in [0.4, 0.5) is 10.5 Å². The van der Waals surface area contributed by atoms with Crippen molar-refractivity contribution in [1.29, 1.82) is 0 Å². The average molecular weight is 562 g/mol. The smallest absolute Gasteiger partial charge is 0.408 e. The lowest BCUT2D eigenvalue weighted by atomic mass is 9.91. The Morgan fingerprint density at radius 3 is 2.21 bits per heavy atom. The third kappa shape index (κ3) is 8.14. The van der Waals surface area contributed by atoms with E-state index in [0.29, 0.717) is 22.7 Å². The van der Waals surface area contributed by atoms with Crippen LogP contribution in [-0.2, 0) is 14.3 Å². The summed E-state index contributed by atoms with van der Waals surface area (Å²) in [7, 11) is 0. The van der Waals surface area contributed by atoms with E-state index in [1.54, 1.807) is 37.8 Å². The first-order valence-corrected chi connectivity index (χ1v) is 13.7. The highest BCUT2D eigenvalue weighted by atomic mass is 35.5.